The van der Waals surface area contributed by atoms with Gasteiger partial charge in [-0.2, -0.15) is 0 Å². The molecule has 0 unspecified atom stereocenters. The van der Waals surface area contributed by atoms with Gasteiger partial charge in [-0.15, -0.1) is 0 Å². The second kappa shape index (κ2) is 10.7. The molecule has 0 spiro atoms. The Balaban J connectivity index is 1.89. The lowest BCUT2D eigenvalue weighted by atomic mass is 10.2. The topological polar surface area (TPSA) is 92.8 Å². The van der Waals surface area contributed by atoms with Crippen LogP contribution in [0, 0.1) is 12.7 Å². The number of hydrogen-bond acceptors (Lipinski definition) is 5. The highest BCUT2D eigenvalue weighted by Crippen LogP contribution is 2.27. The van der Waals surface area contributed by atoms with Gasteiger partial charge in [0.25, 0.3) is 10.0 Å². The van der Waals surface area contributed by atoms with Gasteiger partial charge < -0.3 is 10.1 Å². The number of amides is 1. The van der Waals surface area contributed by atoms with E-state index >= 15 is 0 Å². The van der Waals surface area contributed by atoms with Crippen LogP contribution >= 0.6 is 11.6 Å². The summed E-state index contributed by atoms with van der Waals surface area (Å²) in [5.41, 5.74) is 0.923. The number of sulfonamides is 1. The normalized spacial score (nSPS) is 11.1. The van der Waals surface area contributed by atoms with Gasteiger partial charge in [0.05, 0.1) is 27.8 Å². The number of para-hydroxylation sites is 1. The minimum absolute atomic E-state index is 0.0505. The van der Waals surface area contributed by atoms with E-state index in [0.29, 0.717) is 4.31 Å². The number of esters is 1. The van der Waals surface area contributed by atoms with Crippen LogP contribution in [0.4, 0.5) is 15.8 Å². The van der Waals surface area contributed by atoms with E-state index in [1.54, 1.807) is 26.0 Å². The van der Waals surface area contributed by atoms with Crippen molar-refractivity contribution in [3.63, 3.8) is 0 Å². The van der Waals surface area contributed by atoms with Crippen LogP contribution in [-0.4, -0.2) is 33.4 Å². The molecule has 7 nitrogen and oxygen atoms in total. The van der Waals surface area contributed by atoms with E-state index in [4.69, 9.17) is 16.3 Å². The molecule has 0 saturated carbocycles. The van der Waals surface area contributed by atoms with Gasteiger partial charge in [0.15, 0.2) is 0 Å². The summed E-state index contributed by atoms with van der Waals surface area (Å²) in [6, 6.07) is 15.4. The highest BCUT2D eigenvalue weighted by atomic mass is 35.5. The third-order valence-electron chi connectivity index (χ3n) is 4.77. The van der Waals surface area contributed by atoms with Crippen molar-refractivity contribution in [2.24, 2.45) is 0 Å². The van der Waals surface area contributed by atoms with Crippen molar-refractivity contribution in [2.75, 3.05) is 22.8 Å². The number of anilines is 2. The van der Waals surface area contributed by atoms with Crippen molar-refractivity contribution in [2.45, 2.75) is 18.7 Å². The van der Waals surface area contributed by atoms with Gasteiger partial charge in [0, 0.05) is 5.69 Å². The average molecular weight is 505 g/mol. The molecule has 1 amide bonds. The maximum atomic E-state index is 14.6. The lowest BCUT2D eigenvalue weighted by Crippen LogP contribution is -2.38. The van der Waals surface area contributed by atoms with Crippen LogP contribution in [0.15, 0.2) is 71.6 Å². The van der Waals surface area contributed by atoms with E-state index in [1.807, 2.05) is 0 Å². The van der Waals surface area contributed by atoms with Gasteiger partial charge in [-0.05, 0) is 56.3 Å². The number of carbonyl (C=O) groups excluding carboxylic acids is 2. The zero-order chi connectivity index (χ0) is 24.9. The van der Waals surface area contributed by atoms with Crippen molar-refractivity contribution in [3.8, 4) is 0 Å². The number of benzene rings is 3. The zero-order valence-corrected chi connectivity index (χ0v) is 20.0. The summed E-state index contributed by atoms with van der Waals surface area (Å²) in [4.78, 5) is 24.6. The van der Waals surface area contributed by atoms with Gasteiger partial charge in [-0.1, -0.05) is 41.4 Å². The molecular formula is C24H22ClFN2O5S. The van der Waals surface area contributed by atoms with Crippen LogP contribution in [0.2, 0.25) is 5.02 Å². The first-order valence-electron chi connectivity index (χ1n) is 10.2. The highest BCUT2D eigenvalue weighted by Gasteiger charge is 2.29. The third kappa shape index (κ3) is 5.73. The first-order chi connectivity index (χ1) is 16.1. The number of aryl methyl sites for hydroxylation is 1. The number of halogens is 2. The van der Waals surface area contributed by atoms with E-state index in [2.05, 4.69) is 5.32 Å². The minimum atomic E-state index is -4.27. The molecule has 0 atom stereocenters. The Labute approximate surface area is 202 Å². The Morgan fingerprint density at radius 1 is 1.06 bits per heavy atom. The van der Waals surface area contributed by atoms with Crippen LogP contribution in [0.25, 0.3) is 0 Å². The van der Waals surface area contributed by atoms with E-state index in [1.165, 1.54) is 48.5 Å². The number of hydrogen-bond donors (Lipinski definition) is 1. The molecule has 0 aromatic heterocycles. The SMILES string of the molecule is CCOC(=O)c1ccc(NC(=O)CN(c2ccccc2F)S(=O)(=O)c2ccc(C)cc2)cc1Cl. The predicted molar refractivity (Wildman–Crippen MR) is 128 cm³/mol. The Hall–Kier alpha value is -3.43. The van der Waals surface area contributed by atoms with Gasteiger partial charge in [0.2, 0.25) is 5.91 Å². The second-order valence-corrected chi connectivity index (χ2v) is 9.51. The maximum absolute atomic E-state index is 14.6. The van der Waals surface area contributed by atoms with E-state index in [0.717, 1.165) is 11.6 Å². The fourth-order valence-corrected chi connectivity index (χ4v) is 4.78. The van der Waals surface area contributed by atoms with E-state index in [-0.39, 0.29) is 33.5 Å². The Morgan fingerprint density at radius 3 is 2.35 bits per heavy atom. The third-order valence-corrected chi connectivity index (χ3v) is 6.85. The fraction of sp³-hybridized carbons (Fsp3) is 0.167. The van der Waals surface area contributed by atoms with Gasteiger partial charge in [0.1, 0.15) is 12.4 Å². The van der Waals surface area contributed by atoms with Crippen molar-refractivity contribution in [3.05, 3.63) is 88.7 Å². The van der Waals surface area contributed by atoms with E-state index < -0.39 is 34.3 Å². The van der Waals surface area contributed by atoms with Gasteiger partial charge in [-0.3, -0.25) is 9.10 Å². The predicted octanol–water partition coefficient (Wildman–Crippen LogP) is 4.80. The van der Waals surface area contributed by atoms with Crippen LogP contribution in [-0.2, 0) is 19.6 Å². The van der Waals surface area contributed by atoms with Gasteiger partial charge in [-0.25, -0.2) is 17.6 Å². The fourth-order valence-electron chi connectivity index (χ4n) is 3.09. The van der Waals surface area contributed by atoms with Crippen molar-refractivity contribution in [1.82, 2.24) is 0 Å². The molecule has 0 radical (unpaired) electrons. The van der Waals surface area contributed by atoms with Crippen LogP contribution < -0.4 is 9.62 Å². The van der Waals surface area contributed by atoms with Crippen LogP contribution in [0.5, 0.6) is 0 Å². The average Bonchev–Trinajstić information content (AvgIpc) is 2.78. The number of carbonyl (C=O) groups is 2. The van der Waals surface area contributed by atoms with Crippen LogP contribution in [0.3, 0.4) is 0 Å². The molecule has 10 heteroatoms. The monoisotopic (exact) mass is 504 g/mol. The maximum Gasteiger partial charge on any atom is 0.339 e. The molecule has 3 aromatic carbocycles. The summed E-state index contributed by atoms with van der Waals surface area (Å²) in [6.45, 7) is 2.94. The van der Waals surface area contributed by atoms with Crippen molar-refractivity contribution >= 4 is 44.9 Å². The number of ether oxygens (including phenoxy) is 1. The van der Waals surface area contributed by atoms with E-state index in [9.17, 15) is 22.4 Å². The number of rotatable bonds is 8. The lowest BCUT2D eigenvalue weighted by Gasteiger charge is -2.24. The molecule has 34 heavy (non-hydrogen) atoms. The molecule has 0 saturated heterocycles. The Kier molecular flexibility index (Phi) is 7.90. The molecule has 178 valence electrons. The lowest BCUT2D eigenvalue weighted by molar-refractivity contribution is -0.114. The Bertz CT molecular complexity index is 1310. The zero-order valence-electron chi connectivity index (χ0n) is 18.4. The highest BCUT2D eigenvalue weighted by molar-refractivity contribution is 7.92. The minimum Gasteiger partial charge on any atom is -0.462 e. The Morgan fingerprint density at radius 2 is 1.74 bits per heavy atom. The summed E-state index contributed by atoms with van der Waals surface area (Å²) in [5, 5.41) is 2.58. The molecule has 0 aliphatic heterocycles. The quantitative estimate of drug-likeness (QED) is 0.445. The molecule has 3 rings (SSSR count). The largest absolute Gasteiger partial charge is 0.462 e. The van der Waals surface area contributed by atoms with Gasteiger partial charge >= 0.3 is 5.97 Å². The first-order valence-corrected chi connectivity index (χ1v) is 12.1. The summed E-state index contributed by atoms with van der Waals surface area (Å²) in [6.07, 6.45) is 0. The van der Waals surface area contributed by atoms with Crippen molar-refractivity contribution < 1.29 is 27.1 Å². The molecule has 0 bridgehead atoms. The number of nitrogens with zero attached hydrogens (tertiary/aromatic N) is 1. The molecule has 3 aromatic rings. The summed E-state index contributed by atoms with van der Waals surface area (Å²) >= 11 is 6.12. The van der Waals surface area contributed by atoms with Crippen LogP contribution in [0.1, 0.15) is 22.8 Å². The molecular weight excluding hydrogens is 483 g/mol. The molecule has 0 aliphatic carbocycles. The smallest absolute Gasteiger partial charge is 0.339 e. The van der Waals surface area contributed by atoms with Crippen molar-refractivity contribution in [1.29, 1.82) is 0 Å². The standard InChI is InChI=1S/C24H22ClFN2O5S/c1-3-33-24(30)19-13-10-17(14-20(19)25)27-23(29)15-28(22-7-5-4-6-21(22)26)34(31,32)18-11-8-16(2)9-12-18/h4-14H,3,15H2,1-2H3,(H,27,29). The number of nitrogens with one attached hydrogen (secondary N) is 1. The molecule has 0 fully saturated rings. The second-order valence-electron chi connectivity index (χ2n) is 7.24. The summed E-state index contributed by atoms with van der Waals surface area (Å²) in [5.74, 6) is -2.15. The molecule has 1 N–H and O–H groups in total. The molecule has 0 aliphatic rings. The molecule has 0 heterocycles. The summed E-state index contributed by atoms with van der Waals surface area (Å²) in [7, 11) is -4.27. The first kappa shape index (κ1) is 25.2. The summed E-state index contributed by atoms with van der Waals surface area (Å²) < 4.78 is 46.8.